The lowest BCUT2D eigenvalue weighted by atomic mass is 9.84. The molecule has 0 saturated heterocycles. The fourth-order valence-corrected chi connectivity index (χ4v) is 6.64. The Morgan fingerprint density at radius 3 is 2.54 bits per heavy atom. The zero-order valence-corrected chi connectivity index (χ0v) is 22.1. The number of ether oxygens (including phenoxy) is 1. The molecule has 6 rings (SSSR count). The van der Waals surface area contributed by atoms with Crippen LogP contribution in [0.3, 0.4) is 0 Å². The van der Waals surface area contributed by atoms with Crippen molar-refractivity contribution in [3.05, 3.63) is 101 Å². The number of amides is 1. The molecule has 1 amide bonds. The first kappa shape index (κ1) is 24.9. The van der Waals surface area contributed by atoms with Gasteiger partial charge in [-0.3, -0.25) is 4.79 Å². The van der Waals surface area contributed by atoms with Crippen molar-refractivity contribution in [2.75, 3.05) is 13.7 Å². The van der Waals surface area contributed by atoms with Gasteiger partial charge < -0.3 is 20.0 Å². The molecule has 2 aromatic heterocycles. The van der Waals surface area contributed by atoms with Gasteiger partial charge in [-0.2, -0.15) is 0 Å². The van der Waals surface area contributed by atoms with E-state index in [4.69, 9.17) is 4.74 Å². The number of rotatable bonds is 5. The first-order valence-corrected chi connectivity index (χ1v) is 13.9. The van der Waals surface area contributed by atoms with E-state index in [1.54, 1.807) is 42.5 Å². The summed E-state index contributed by atoms with van der Waals surface area (Å²) in [6, 6.07) is 18.6. The molecule has 1 aliphatic rings. The van der Waals surface area contributed by atoms with Gasteiger partial charge in [-0.1, -0.05) is 35.9 Å². The summed E-state index contributed by atoms with van der Waals surface area (Å²) in [7, 11) is -2.63. The van der Waals surface area contributed by atoms with Crippen molar-refractivity contribution in [3.8, 4) is 0 Å². The second-order valence-electron chi connectivity index (χ2n) is 9.68. The Labute approximate surface area is 224 Å². The fourth-order valence-electron chi connectivity index (χ4n) is 5.39. The average molecular weight is 543 g/mol. The lowest BCUT2D eigenvalue weighted by Gasteiger charge is -2.27. The van der Waals surface area contributed by atoms with Gasteiger partial charge in [0.25, 0.3) is 5.91 Å². The largest absolute Gasteiger partial charge is 0.465 e. The van der Waals surface area contributed by atoms with Gasteiger partial charge >= 0.3 is 5.97 Å². The van der Waals surface area contributed by atoms with E-state index >= 15 is 0 Å². The van der Waals surface area contributed by atoms with Crippen LogP contribution in [0.25, 0.3) is 21.8 Å². The maximum Gasteiger partial charge on any atom is 0.337 e. The molecule has 0 spiro atoms. The molecule has 2 atom stereocenters. The Morgan fingerprint density at radius 2 is 1.77 bits per heavy atom. The van der Waals surface area contributed by atoms with Crippen molar-refractivity contribution < 1.29 is 22.7 Å². The highest BCUT2D eigenvalue weighted by atomic mass is 32.2. The van der Waals surface area contributed by atoms with E-state index in [-0.39, 0.29) is 17.3 Å². The number of sulfonamides is 1. The normalized spacial score (nSPS) is 17.5. The third-order valence-electron chi connectivity index (χ3n) is 7.28. The van der Waals surface area contributed by atoms with Gasteiger partial charge in [-0.25, -0.2) is 17.9 Å². The number of hydrogen-bond acceptors (Lipinski definition) is 5. The van der Waals surface area contributed by atoms with E-state index in [0.717, 1.165) is 32.9 Å². The van der Waals surface area contributed by atoms with Gasteiger partial charge in [0, 0.05) is 40.5 Å². The highest BCUT2D eigenvalue weighted by molar-refractivity contribution is 7.89. The van der Waals surface area contributed by atoms with E-state index in [2.05, 4.69) is 20.0 Å². The van der Waals surface area contributed by atoms with E-state index in [1.807, 2.05) is 37.4 Å². The molecule has 1 aliphatic heterocycles. The van der Waals surface area contributed by atoms with Gasteiger partial charge in [-0.15, -0.1) is 0 Å². The van der Waals surface area contributed by atoms with Crippen LogP contribution in [0.5, 0.6) is 0 Å². The lowest BCUT2D eigenvalue weighted by molar-refractivity contribution is 0.0600. The Kier molecular flexibility index (Phi) is 6.00. The maximum atomic E-state index is 13.6. The summed E-state index contributed by atoms with van der Waals surface area (Å²) in [5.41, 5.74) is 4.64. The van der Waals surface area contributed by atoms with Crippen LogP contribution in [-0.4, -0.2) is 50.0 Å². The molecule has 198 valence electrons. The summed E-state index contributed by atoms with van der Waals surface area (Å²) in [5, 5.41) is 4.43. The molecule has 5 aromatic rings. The van der Waals surface area contributed by atoms with Crippen LogP contribution in [0.4, 0.5) is 0 Å². The van der Waals surface area contributed by atoms with Crippen molar-refractivity contribution >= 4 is 43.7 Å². The number of benzene rings is 3. The third kappa shape index (κ3) is 4.27. The van der Waals surface area contributed by atoms with Crippen LogP contribution in [0.15, 0.2) is 77.8 Å². The summed E-state index contributed by atoms with van der Waals surface area (Å²) in [6.07, 6.45) is 1.81. The van der Waals surface area contributed by atoms with Gasteiger partial charge in [-0.05, 0) is 54.4 Å². The quantitative estimate of drug-likeness (QED) is 0.250. The number of fused-ring (bicyclic) bond motifs is 4. The van der Waals surface area contributed by atoms with Crippen molar-refractivity contribution in [1.29, 1.82) is 0 Å². The minimum absolute atomic E-state index is 0.0504. The van der Waals surface area contributed by atoms with E-state index in [0.29, 0.717) is 16.8 Å². The van der Waals surface area contributed by atoms with Crippen LogP contribution in [0.1, 0.15) is 43.5 Å². The Balaban J connectivity index is 1.57. The number of aryl methyl sites for hydroxylation is 1. The van der Waals surface area contributed by atoms with Gasteiger partial charge in [0.05, 0.1) is 23.6 Å². The van der Waals surface area contributed by atoms with Gasteiger partial charge in [0.1, 0.15) is 5.69 Å². The van der Waals surface area contributed by atoms with Crippen molar-refractivity contribution in [1.82, 2.24) is 20.0 Å². The van der Waals surface area contributed by atoms with E-state index in [9.17, 15) is 18.0 Å². The summed E-state index contributed by atoms with van der Waals surface area (Å²) in [4.78, 5) is 32.2. The Bertz CT molecular complexity index is 1850. The van der Waals surface area contributed by atoms with Crippen LogP contribution in [-0.2, 0) is 14.8 Å². The predicted octanol–water partition coefficient (Wildman–Crippen LogP) is 3.97. The van der Waals surface area contributed by atoms with Crippen LogP contribution < -0.4 is 10.0 Å². The number of H-pyrrole nitrogens is 2. The second kappa shape index (κ2) is 9.40. The molecular weight excluding hydrogens is 516 g/mol. The molecule has 0 aliphatic carbocycles. The Morgan fingerprint density at radius 1 is 1.00 bits per heavy atom. The fraction of sp³-hybridized carbons (Fsp3) is 0.172. The predicted molar refractivity (Wildman–Crippen MR) is 147 cm³/mol. The van der Waals surface area contributed by atoms with Crippen LogP contribution in [0, 0.1) is 6.92 Å². The molecule has 0 saturated carbocycles. The molecule has 0 bridgehead atoms. The number of nitrogens with one attached hydrogen (secondary N) is 4. The molecular formula is C29H26N4O5S. The lowest BCUT2D eigenvalue weighted by Crippen LogP contribution is -2.45. The maximum absolute atomic E-state index is 13.6. The second-order valence-corrected chi connectivity index (χ2v) is 11.4. The average Bonchev–Trinajstić information content (AvgIpc) is 3.50. The highest BCUT2D eigenvalue weighted by Crippen LogP contribution is 2.41. The number of aromatic amines is 2. The summed E-state index contributed by atoms with van der Waals surface area (Å²) in [6.45, 7) is 1.94. The first-order chi connectivity index (χ1) is 18.8. The monoisotopic (exact) mass is 542 g/mol. The molecule has 0 radical (unpaired) electrons. The molecule has 0 unspecified atom stereocenters. The number of aromatic nitrogens is 2. The van der Waals surface area contributed by atoms with Crippen LogP contribution in [0.2, 0.25) is 0 Å². The minimum Gasteiger partial charge on any atom is -0.465 e. The SMILES string of the molecule is COC(=O)c1ccc2[nH]cc([C@@H]3c4c([nH]c5ccccc45)C(=O)NC[C@H]3NS(=O)(=O)c3ccc(C)cc3)c2c1. The molecule has 3 aromatic carbocycles. The summed E-state index contributed by atoms with van der Waals surface area (Å²) >= 11 is 0. The topological polar surface area (TPSA) is 133 Å². The minimum atomic E-state index is -3.95. The zero-order valence-electron chi connectivity index (χ0n) is 21.2. The van der Waals surface area contributed by atoms with E-state index < -0.39 is 28.0 Å². The number of carbonyl (C=O) groups excluding carboxylic acids is 2. The number of methoxy groups -OCH3 is 1. The molecule has 0 fully saturated rings. The highest BCUT2D eigenvalue weighted by Gasteiger charge is 2.38. The number of carbonyl (C=O) groups is 2. The van der Waals surface area contributed by atoms with Crippen molar-refractivity contribution in [2.24, 2.45) is 0 Å². The molecule has 10 heteroatoms. The zero-order chi connectivity index (χ0) is 27.3. The smallest absolute Gasteiger partial charge is 0.337 e. The summed E-state index contributed by atoms with van der Waals surface area (Å²) in [5.74, 6) is -1.39. The number of esters is 1. The molecule has 3 heterocycles. The van der Waals surface area contributed by atoms with E-state index in [1.165, 1.54) is 7.11 Å². The summed E-state index contributed by atoms with van der Waals surface area (Å²) < 4.78 is 35.0. The molecule has 9 nitrogen and oxygen atoms in total. The van der Waals surface area contributed by atoms with Crippen molar-refractivity contribution in [2.45, 2.75) is 23.8 Å². The first-order valence-electron chi connectivity index (χ1n) is 12.4. The third-order valence-corrected chi connectivity index (χ3v) is 8.78. The molecule has 4 N–H and O–H groups in total. The van der Waals surface area contributed by atoms with Crippen LogP contribution >= 0.6 is 0 Å². The number of hydrogen-bond donors (Lipinski definition) is 4. The standard InChI is InChI=1S/C29H26N4O5S/c1-16-7-10-18(11-8-16)39(36,37)33-24-15-31-28(34)27-26(19-5-3-4-6-23(19)32-27)25(24)21-14-30-22-12-9-17(13-20(21)22)29(35)38-2/h3-14,24-25,30,32-33H,15H2,1-2H3,(H,31,34)/t24-,25+/m1/s1. The van der Waals surface area contributed by atoms with Gasteiger partial charge in [0.2, 0.25) is 10.0 Å². The van der Waals surface area contributed by atoms with Crippen molar-refractivity contribution in [3.63, 3.8) is 0 Å². The molecule has 39 heavy (non-hydrogen) atoms. The van der Waals surface area contributed by atoms with Gasteiger partial charge in [0.15, 0.2) is 0 Å². The Hall–Kier alpha value is -4.41. The number of para-hydroxylation sites is 1.